The summed E-state index contributed by atoms with van der Waals surface area (Å²) in [6.07, 6.45) is 2.29. The highest BCUT2D eigenvalue weighted by Crippen LogP contribution is 2.19. The van der Waals surface area contributed by atoms with Crippen molar-refractivity contribution in [3.63, 3.8) is 0 Å². The van der Waals surface area contributed by atoms with Gasteiger partial charge in [0.15, 0.2) is 5.96 Å². The molecular formula is C22H25FN4O2. The number of halogens is 1. The van der Waals surface area contributed by atoms with Crippen LogP contribution in [0.15, 0.2) is 64.2 Å². The van der Waals surface area contributed by atoms with Crippen molar-refractivity contribution in [3.8, 4) is 17.2 Å². The lowest BCUT2D eigenvalue weighted by Crippen LogP contribution is -2.38. The zero-order valence-electron chi connectivity index (χ0n) is 16.6. The zero-order valence-corrected chi connectivity index (χ0v) is 16.6. The summed E-state index contributed by atoms with van der Waals surface area (Å²) < 4.78 is 24.2. The predicted octanol–water partition coefficient (Wildman–Crippen LogP) is 3.79. The maximum atomic E-state index is 13.0. The minimum absolute atomic E-state index is 0.285. The molecule has 1 heterocycles. The Hall–Kier alpha value is -3.35. The van der Waals surface area contributed by atoms with Gasteiger partial charge in [0.25, 0.3) is 0 Å². The molecule has 0 radical (unpaired) electrons. The monoisotopic (exact) mass is 396 g/mol. The summed E-state index contributed by atoms with van der Waals surface area (Å²) in [6, 6.07) is 14.0. The van der Waals surface area contributed by atoms with Crippen LogP contribution in [-0.2, 0) is 13.0 Å². The molecule has 0 saturated carbocycles. The Bertz CT molecular complexity index is 938. The minimum atomic E-state index is -0.285. The topological polar surface area (TPSA) is 71.7 Å². The standard InChI is InChI=1S/C22H25FN4O2/c1-3-28-20-7-5-4-6-17(20)14-26-22(24-2)25-13-12-19-15-29-21(27-19)16-8-10-18(23)11-9-16/h4-11,15H,3,12-14H2,1-2H3,(H2,24,25,26). The molecule has 0 saturated heterocycles. The molecule has 6 nitrogen and oxygen atoms in total. The van der Waals surface area contributed by atoms with Crippen molar-refractivity contribution in [3.05, 3.63) is 71.9 Å². The average molecular weight is 396 g/mol. The average Bonchev–Trinajstić information content (AvgIpc) is 3.21. The van der Waals surface area contributed by atoms with Gasteiger partial charge < -0.3 is 19.8 Å². The number of nitrogens with zero attached hydrogens (tertiary/aromatic N) is 2. The normalized spacial score (nSPS) is 11.3. The molecule has 0 aliphatic carbocycles. The van der Waals surface area contributed by atoms with E-state index in [9.17, 15) is 4.39 Å². The van der Waals surface area contributed by atoms with Crippen molar-refractivity contribution in [1.82, 2.24) is 15.6 Å². The number of oxazole rings is 1. The molecule has 0 aliphatic rings. The molecule has 0 spiro atoms. The van der Waals surface area contributed by atoms with Gasteiger partial charge in [0.1, 0.15) is 17.8 Å². The summed E-state index contributed by atoms with van der Waals surface area (Å²) in [7, 11) is 1.73. The van der Waals surface area contributed by atoms with Crippen LogP contribution in [0.2, 0.25) is 0 Å². The molecule has 0 fully saturated rings. The number of guanidine groups is 1. The van der Waals surface area contributed by atoms with Gasteiger partial charge in [-0.15, -0.1) is 0 Å². The summed E-state index contributed by atoms with van der Waals surface area (Å²) in [6.45, 7) is 3.84. The molecule has 0 atom stereocenters. The van der Waals surface area contributed by atoms with Crippen molar-refractivity contribution in [2.24, 2.45) is 4.99 Å². The maximum absolute atomic E-state index is 13.0. The molecule has 0 bridgehead atoms. The second kappa shape index (κ2) is 10.3. The number of hydrogen-bond acceptors (Lipinski definition) is 4. The first kappa shape index (κ1) is 20.4. The van der Waals surface area contributed by atoms with E-state index < -0.39 is 0 Å². The van der Waals surface area contributed by atoms with E-state index in [0.29, 0.717) is 38.0 Å². The van der Waals surface area contributed by atoms with Gasteiger partial charge >= 0.3 is 0 Å². The summed E-state index contributed by atoms with van der Waals surface area (Å²) in [5.41, 5.74) is 2.63. The summed E-state index contributed by atoms with van der Waals surface area (Å²) in [5.74, 6) is 1.76. The van der Waals surface area contributed by atoms with E-state index in [0.717, 1.165) is 22.6 Å². The first-order valence-corrected chi connectivity index (χ1v) is 9.55. The molecule has 1 aromatic heterocycles. The Labute approximate surface area is 169 Å². The highest BCUT2D eigenvalue weighted by Gasteiger charge is 2.08. The SMILES string of the molecule is CCOc1ccccc1CNC(=NC)NCCc1coc(-c2ccc(F)cc2)n1. The Morgan fingerprint density at radius 3 is 2.69 bits per heavy atom. The quantitative estimate of drug-likeness (QED) is 0.448. The lowest BCUT2D eigenvalue weighted by atomic mass is 10.2. The number of nitrogens with one attached hydrogen (secondary N) is 2. The van der Waals surface area contributed by atoms with E-state index in [2.05, 4.69) is 20.6 Å². The van der Waals surface area contributed by atoms with Gasteiger partial charge in [-0.2, -0.15) is 0 Å². The number of ether oxygens (including phenoxy) is 1. The lowest BCUT2D eigenvalue weighted by molar-refractivity contribution is 0.336. The number of hydrogen-bond donors (Lipinski definition) is 2. The van der Waals surface area contributed by atoms with E-state index in [1.807, 2.05) is 31.2 Å². The second-order valence-electron chi connectivity index (χ2n) is 6.29. The number of aromatic nitrogens is 1. The largest absolute Gasteiger partial charge is 0.494 e. The molecular weight excluding hydrogens is 371 g/mol. The summed E-state index contributed by atoms with van der Waals surface area (Å²) in [5, 5.41) is 6.55. The molecule has 7 heteroatoms. The third kappa shape index (κ3) is 5.81. The van der Waals surface area contributed by atoms with Crippen LogP contribution in [0.4, 0.5) is 4.39 Å². The lowest BCUT2D eigenvalue weighted by Gasteiger charge is -2.14. The third-order valence-electron chi connectivity index (χ3n) is 4.26. The van der Waals surface area contributed by atoms with Crippen molar-refractivity contribution < 1.29 is 13.5 Å². The second-order valence-corrected chi connectivity index (χ2v) is 6.29. The molecule has 3 rings (SSSR count). The molecule has 2 aromatic carbocycles. The van der Waals surface area contributed by atoms with Gasteiger partial charge in [0, 0.05) is 37.7 Å². The fraction of sp³-hybridized carbons (Fsp3) is 0.273. The first-order chi connectivity index (χ1) is 14.2. The Balaban J connectivity index is 1.49. The Morgan fingerprint density at radius 1 is 1.14 bits per heavy atom. The van der Waals surface area contributed by atoms with Crippen LogP contribution in [0, 0.1) is 5.82 Å². The molecule has 29 heavy (non-hydrogen) atoms. The number of aliphatic imine (C=N–C) groups is 1. The van der Waals surface area contributed by atoms with Crippen LogP contribution < -0.4 is 15.4 Å². The number of rotatable bonds is 8. The maximum Gasteiger partial charge on any atom is 0.226 e. The van der Waals surface area contributed by atoms with Crippen LogP contribution in [-0.4, -0.2) is 31.1 Å². The van der Waals surface area contributed by atoms with Gasteiger partial charge in [-0.3, -0.25) is 4.99 Å². The number of para-hydroxylation sites is 1. The first-order valence-electron chi connectivity index (χ1n) is 9.55. The van der Waals surface area contributed by atoms with E-state index >= 15 is 0 Å². The fourth-order valence-electron chi connectivity index (χ4n) is 2.80. The van der Waals surface area contributed by atoms with Gasteiger partial charge in [0.2, 0.25) is 5.89 Å². The highest BCUT2D eigenvalue weighted by atomic mass is 19.1. The van der Waals surface area contributed by atoms with Crippen molar-refractivity contribution in [2.75, 3.05) is 20.2 Å². The smallest absolute Gasteiger partial charge is 0.226 e. The molecule has 2 N–H and O–H groups in total. The zero-order chi connectivity index (χ0) is 20.5. The van der Waals surface area contributed by atoms with Crippen LogP contribution in [0.25, 0.3) is 11.5 Å². The summed E-state index contributed by atoms with van der Waals surface area (Å²) in [4.78, 5) is 8.70. The fourth-order valence-corrected chi connectivity index (χ4v) is 2.80. The predicted molar refractivity (Wildman–Crippen MR) is 111 cm³/mol. The van der Waals surface area contributed by atoms with E-state index in [4.69, 9.17) is 9.15 Å². The van der Waals surface area contributed by atoms with Gasteiger partial charge in [0.05, 0.1) is 12.3 Å². The third-order valence-corrected chi connectivity index (χ3v) is 4.26. The van der Waals surface area contributed by atoms with Gasteiger partial charge in [-0.1, -0.05) is 18.2 Å². The van der Waals surface area contributed by atoms with Gasteiger partial charge in [-0.05, 0) is 37.3 Å². The Kier molecular flexibility index (Phi) is 7.22. The minimum Gasteiger partial charge on any atom is -0.494 e. The van der Waals surface area contributed by atoms with Crippen molar-refractivity contribution in [2.45, 2.75) is 19.9 Å². The molecule has 0 aliphatic heterocycles. The molecule has 0 unspecified atom stereocenters. The van der Waals surface area contributed by atoms with Crippen LogP contribution in [0.5, 0.6) is 5.75 Å². The van der Waals surface area contributed by atoms with E-state index in [1.54, 1.807) is 25.4 Å². The van der Waals surface area contributed by atoms with Crippen LogP contribution in [0.3, 0.4) is 0 Å². The number of benzene rings is 2. The molecule has 3 aromatic rings. The van der Waals surface area contributed by atoms with Crippen molar-refractivity contribution >= 4 is 5.96 Å². The Morgan fingerprint density at radius 2 is 1.93 bits per heavy atom. The highest BCUT2D eigenvalue weighted by molar-refractivity contribution is 5.79. The van der Waals surface area contributed by atoms with Gasteiger partial charge in [-0.25, -0.2) is 9.37 Å². The van der Waals surface area contributed by atoms with Crippen LogP contribution >= 0.6 is 0 Å². The van der Waals surface area contributed by atoms with E-state index in [1.165, 1.54) is 12.1 Å². The summed E-state index contributed by atoms with van der Waals surface area (Å²) >= 11 is 0. The molecule has 152 valence electrons. The van der Waals surface area contributed by atoms with Crippen molar-refractivity contribution in [1.29, 1.82) is 0 Å². The van der Waals surface area contributed by atoms with E-state index in [-0.39, 0.29) is 5.82 Å². The van der Waals surface area contributed by atoms with Crippen LogP contribution in [0.1, 0.15) is 18.2 Å². The molecule has 0 amide bonds.